The van der Waals surface area contributed by atoms with Gasteiger partial charge in [-0.3, -0.25) is 4.79 Å². The highest BCUT2D eigenvalue weighted by Crippen LogP contribution is 2.34. The zero-order valence-corrected chi connectivity index (χ0v) is 17.2. The maximum atomic E-state index is 12.3. The summed E-state index contributed by atoms with van der Waals surface area (Å²) in [6.07, 6.45) is 9.66. The van der Waals surface area contributed by atoms with Crippen molar-refractivity contribution in [2.75, 3.05) is 5.75 Å². The fourth-order valence-corrected chi connectivity index (χ4v) is 4.43. The number of carbonyl (C=O) groups is 1. The van der Waals surface area contributed by atoms with Gasteiger partial charge in [0.1, 0.15) is 11.5 Å². The lowest BCUT2D eigenvalue weighted by Gasteiger charge is -2.14. The van der Waals surface area contributed by atoms with Crippen LogP contribution >= 0.6 is 0 Å². The standard InChI is InChI=1S/C23H26O4S/c1-3-28(25,26)21-13-14-22(19(15-21)12-11-18-8-4-5-9-18)27-23-17(2)7-6-10-20(23)16-24/h6-7,10-16,18H,3-5,8-9H2,1-2H3/b12-11+. The number of benzene rings is 2. The molecule has 2 aromatic rings. The minimum absolute atomic E-state index is 0.0477. The zero-order valence-electron chi connectivity index (χ0n) is 16.4. The summed E-state index contributed by atoms with van der Waals surface area (Å²) < 4.78 is 30.8. The van der Waals surface area contributed by atoms with Crippen LogP contribution in [-0.4, -0.2) is 20.5 Å². The first-order valence-corrected chi connectivity index (χ1v) is 11.4. The molecule has 3 rings (SSSR count). The van der Waals surface area contributed by atoms with Crippen LogP contribution in [0.2, 0.25) is 0 Å². The Hall–Kier alpha value is -2.40. The van der Waals surface area contributed by atoms with Crippen molar-refractivity contribution in [2.24, 2.45) is 5.92 Å². The van der Waals surface area contributed by atoms with E-state index in [4.69, 9.17) is 4.74 Å². The summed E-state index contributed by atoms with van der Waals surface area (Å²) in [6, 6.07) is 10.3. The lowest BCUT2D eigenvalue weighted by molar-refractivity contribution is 0.112. The van der Waals surface area contributed by atoms with Gasteiger partial charge in [0.15, 0.2) is 16.1 Å². The van der Waals surface area contributed by atoms with Crippen molar-refractivity contribution in [1.82, 2.24) is 0 Å². The molecule has 0 bridgehead atoms. The molecule has 148 valence electrons. The van der Waals surface area contributed by atoms with E-state index in [9.17, 15) is 13.2 Å². The fourth-order valence-electron chi connectivity index (χ4n) is 3.52. The average Bonchev–Trinajstić information content (AvgIpc) is 3.22. The van der Waals surface area contributed by atoms with Crippen LogP contribution in [0.5, 0.6) is 11.5 Å². The third-order valence-corrected chi connectivity index (χ3v) is 6.98. The summed E-state index contributed by atoms with van der Waals surface area (Å²) in [4.78, 5) is 11.7. The van der Waals surface area contributed by atoms with E-state index in [-0.39, 0.29) is 10.6 Å². The number of ether oxygens (including phenoxy) is 1. The fraction of sp³-hybridized carbons (Fsp3) is 0.348. The SMILES string of the molecule is CCS(=O)(=O)c1ccc(Oc2c(C)cccc2C=O)c(/C=C/C2CCCC2)c1. The molecule has 0 unspecified atom stereocenters. The molecule has 2 aromatic carbocycles. The van der Waals surface area contributed by atoms with Gasteiger partial charge in [-0.05, 0) is 55.5 Å². The van der Waals surface area contributed by atoms with Crippen molar-refractivity contribution in [3.05, 3.63) is 59.2 Å². The molecule has 5 heteroatoms. The molecule has 0 aliphatic heterocycles. The molecule has 4 nitrogen and oxygen atoms in total. The van der Waals surface area contributed by atoms with E-state index in [1.807, 2.05) is 25.1 Å². The Bertz CT molecular complexity index is 984. The summed E-state index contributed by atoms with van der Waals surface area (Å²) >= 11 is 0. The second-order valence-electron chi connectivity index (χ2n) is 7.22. The number of carbonyl (C=O) groups excluding carboxylic acids is 1. The van der Waals surface area contributed by atoms with Gasteiger partial charge in [0.2, 0.25) is 0 Å². The second-order valence-corrected chi connectivity index (χ2v) is 9.50. The Morgan fingerprint density at radius 3 is 2.54 bits per heavy atom. The molecule has 1 aliphatic carbocycles. The molecule has 0 spiro atoms. The number of para-hydroxylation sites is 1. The Labute approximate surface area is 167 Å². The largest absolute Gasteiger partial charge is 0.456 e. The molecule has 1 aliphatic rings. The Kier molecular flexibility index (Phi) is 6.35. The average molecular weight is 399 g/mol. The number of hydrogen-bond acceptors (Lipinski definition) is 4. The smallest absolute Gasteiger partial charge is 0.178 e. The van der Waals surface area contributed by atoms with Gasteiger partial charge >= 0.3 is 0 Å². The topological polar surface area (TPSA) is 60.4 Å². The van der Waals surface area contributed by atoms with Crippen LogP contribution in [0.15, 0.2) is 47.4 Å². The van der Waals surface area contributed by atoms with Crippen LogP contribution < -0.4 is 4.74 Å². The predicted molar refractivity (Wildman–Crippen MR) is 112 cm³/mol. The maximum Gasteiger partial charge on any atom is 0.178 e. The number of aldehydes is 1. The first-order valence-electron chi connectivity index (χ1n) is 9.72. The lowest BCUT2D eigenvalue weighted by Crippen LogP contribution is -2.04. The van der Waals surface area contributed by atoms with Gasteiger partial charge in [0, 0.05) is 5.56 Å². The van der Waals surface area contributed by atoms with Gasteiger partial charge in [0.25, 0.3) is 0 Å². The van der Waals surface area contributed by atoms with E-state index in [0.29, 0.717) is 28.5 Å². The van der Waals surface area contributed by atoms with Crippen molar-refractivity contribution < 1.29 is 17.9 Å². The van der Waals surface area contributed by atoms with Gasteiger partial charge in [-0.15, -0.1) is 0 Å². The highest BCUT2D eigenvalue weighted by atomic mass is 32.2. The molecule has 0 N–H and O–H groups in total. The quantitative estimate of drug-likeness (QED) is 0.570. The number of sulfone groups is 1. The van der Waals surface area contributed by atoms with E-state index < -0.39 is 9.84 Å². The van der Waals surface area contributed by atoms with Gasteiger partial charge in [0.05, 0.1) is 16.2 Å². The first-order chi connectivity index (χ1) is 13.4. The molecule has 0 saturated heterocycles. The normalized spacial score (nSPS) is 15.2. The minimum Gasteiger partial charge on any atom is -0.456 e. The zero-order chi connectivity index (χ0) is 20.1. The van der Waals surface area contributed by atoms with Gasteiger partial charge in [-0.2, -0.15) is 0 Å². The minimum atomic E-state index is -3.31. The summed E-state index contributed by atoms with van der Waals surface area (Å²) in [5, 5.41) is 0. The molecular formula is C23H26O4S. The van der Waals surface area contributed by atoms with Crippen molar-refractivity contribution in [2.45, 2.75) is 44.4 Å². The molecule has 0 radical (unpaired) electrons. The van der Waals surface area contributed by atoms with Crippen LogP contribution in [0.1, 0.15) is 54.1 Å². The lowest BCUT2D eigenvalue weighted by atomic mass is 10.1. The number of rotatable bonds is 7. The molecule has 1 fully saturated rings. The Morgan fingerprint density at radius 2 is 1.86 bits per heavy atom. The van der Waals surface area contributed by atoms with E-state index in [0.717, 1.165) is 24.7 Å². The van der Waals surface area contributed by atoms with Crippen molar-refractivity contribution in [1.29, 1.82) is 0 Å². The first kappa shape index (κ1) is 20.3. The Morgan fingerprint density at radius 1 is 1.11 bits per heavy atom. The highest BCUT2D eigenvalue weighted by Gasteiger charge is 2.17. The van der Waals surface area contributed by atoms with Crippen molar-refractivity contribution in [3.63, 3.8) is 0 Å². The Balaban J connectivity index is 2.03. The van der Waals surface area contributed by atoms with E-state index in [2.05, 4.69) is 6.08 Å². The van der Waals surface area contributed by atoms with Gasteiger partial charge < -0.3 is 4.74 Å². The predicted octanol–water partition coefficient (Wildman–Crippen LogP) is 5.60. The van der Waals surface area contributed by atoms with Crippen LogP contribution in [0, 0.1) is 12.8 Å². The maximum absolute atomic E-state index is 12.3. The highest BCUT2D eigenvalue weighted by molar-refractivity contribution is 7.91. The van der Waals surface area contributed by atoms with E-state index in [1.54, 1.807) is 31.2 Å². The van der Waals surface area contributed by atoms with Crippen LogP contribution in [0.4, 0.5) is 0 Å². The third-order valence-electron chi connectivity index (χ3n) is 5.25. The second kappa shape index (κ2) is 8.74. The molecule has 28 heavy (non-hydrogen) atoms. The third kappa shape index (κ3) is 4.53. The number of allylic oxidation sites excluding steroid dienone is 1. The van der Waals surface area contributed by atoms with Gasteiger partial charge in [-0.1, -0.05) is 44.1 Å². The molecule has 0 aromatic heterocycles. The summed E-state index contributed by atoms with van der Waals surface area (Å²) in [7, 11) is -3.31. The summed E-state index contributed by atoms with van der Waals surface area (Å²) in [5.41, 5.74) is 2.03. The van der Waals surface area contributed by atoms with Gasteiger partial charge in [-0.25, -0.2) is 8.42 Å². The van der Waals surface area contributed by atoms with E-state index in [1.165, 1.54) is 12.8 Å². The molecular weight excluding hydrogens is 372 g/mol. The van der Waals surface area contributed by atoms with Crippen LogP contribution in [0.3, 0.4) is 0 Å². The number of hydrogen-bond donors (Lipinski definition) is 0. The molecule has 0 amide bonds. The van der Waals surface area contributed by atoms with E-state index >= 15 is 0 Å². The van der Waals surface area contributed by atoms with Crippen molar-refractivity contribution >= 4 is 22.2 Å². The van der Waals surface area contributed by atoms with Crippen molar-refractivity contribution in [3.8, 4) is 11.5 Å². The summed E-state index contributed by atoms with van der Waals surface area (Å²) in [6.45, 7) is 3.52. The number of aryl methyl sites for hydroxylation is 1. The molecule has 0 atom stereocenters. The summed E-state index contributed by atoms with van der Waals surface area (Å²) in [5.74, 6) is 1.61. The molecule has 0 heterocycles. The molecule has 1 saturated carbocycles. The monoisotopic (exact) mass is 398 g/mol. The van der Waals surface area contributed by atoms with Crippen LogP contribution in [-0.2, 0) is 9.84 Å². The van der Waals surface area contributed by atoms with Crippen LogP contribution in [0.25, 0.3) is 6.08 Å².